The van der Waals surface area contributed by atoms with Crippen LogP contribution in [0.1, 0.15) is 11.4 Å². The second-order valence-electron chi connectivity index (χ2n) is 4.81. The minimum atomic E-state index is 0. The van der Waals surface area contributed by atoms with Crippen molar-refractivity contribution in [2.75, 3.05) is 0 Å². The van der Waals surface area contributed by atoms with Gasteiger partial charge < -0.3 is 28.5 Å². The van der Waals surface area contributed by atoms with Crippen LogP contribution in [0.4, 0.5) is 0 Å². The first-order chi connectivity index (χ1) is 8.09. The Labute approximate surface area is 124 Å². The van der Waals surface area contributed by atoms with Crippen LogP contribution in [0, 0.1) is 13.8 Å². The van der Waals surface area contributed by atoms with Gasteiger partial charge in [-0.05, 0) is 25.1 Å². The van der Waals surface area contributed by atoms with Crippen LogP contribution < -0.4 is 28.5 Å². The molecule has 0 saturated heterocycles. The van der Waals surface area contributed by atoms with E-state index < -0.39 is 0 Å². The van der Waals surface area contributed by atoms with Crippen molar-refractivity contribution < 1.29 is 28.5 Å². The summed E-state index contributed by atoms with van der Waals surface area (Å²) in [5.41, 5.74) is 5.18. The zero-order valence-corrected chi connectivity index (χ0v) is 13.3. The summed E-state index contributed by atoms with van der Waals surface area (Å²) >= 11 is 0. The van der Waals surface area contributed by atoms with Gasteiger partial charge in [-0.3, -0.25) is 0 Å². The molecular formula is C15H17IN2. The molecule has 0 aliphatic carbocycles. The summed E-state index contributed by atoms with van der Waals surface area (Å²) < 4.78 is 4.49. The molecule has 1 aromatic carbocycles. The van der Waals surface area contributed by atoms with Gasteiger partial charge in [0.05, 0.1) is 5.39 Å². The second-order valence-corrected chi connectivity index (χ2v) is 4.81. The molecule has 94 valence electrons. The van der Waals surface area contributed by atoms with E-state index in [2.05, 4.69) is 67.4 Å². The molecule has 3 heteroatoms. The number of hydrogen-bond acceptors (Lipinski definition) is 0. The minimum absolute atomic E-state index is 0. The van der Waals surface area contributed by atoms with Crippen molar-refractivity contribution in [2.45, 2.75) is 13.8 Å². The summed E-state index contributed by atoms with van der Waals surface area (Å²) in [5.74, 6) is 0. The van der Waals surface area contributed by atoms with Crippen LogP contribution in [0.25, 0.3) is 21.8 Å². The Hall–Kier alpha value is -1.10. The fraction of sp³-hybridized carbons (Fsp3) is 0.267. The molecule has 0 unspecified atom stereocenters. The highest BCUT2D eigenvalue weighted by molar-refractivity contribution is 6.04. The first-order valence-electron chi connectivity index (χ1n) is 5.94. The molecule has 2 aromatic heterocycles. The summed E-state index contributed by atoms with van der Waals surface area (Å²) in [7, 11) is 4.25. The molecule has 0 N–H and O–H groups in total. The smallest absolute Gasteiger partial charge is 0.213 e. The fourth-order valence-corrected chi connectivity index (χ4v) is 2.53. The normalized spacial score (nSPS) is 10.9. The Kier molecular flexibility index (Phi) is 3.36. The van der Waals surface area contributed by atoms with Gasteiger partial charge in [0.1, 0.15) is 7.05 Å². The van der Waals surface area contributed by atoms with Gasteiger partial charge in [-0.2, -0.15) is 4.57 Å². The molecule has 2 nitrogen and oxygen atoms in total. The average Bonchev–Trinajstić information content (AvgIpc) is 2.61. The monoisotopic (exact) mass is 352 g/mol. The number of aromatic nitrogens is 2. The van der Waals surface area contributed by atoms with Gasteiger partial charge in [0.2, 0.25) is 5.52 Å². The van der Waals surface area contributed by atoms with E-state index in [4.69, 9.17) is 0 Å². The zero-order chi connectivity index (χ0) is 12.2. The highest BCUT2D eigenvalue weighted by atomic mass is 127. The summed E-state index contributed by atoms with van der Waals surface area (Å²) in [4.78, 5) is 0. The Balaban J connectivity index is 0.00000120. The topological polar surface area (TPSA) is 8.81 Å². The number of aryl methyl sites for hydroxylation is 4. The number of pyridine rings is 1. The molecule has 0 aliphatic heterocycles. The van der Waals surface area contributed by atoms with Gasteiger partial charge in [-0.1, -0.05) is 0 Å². The van der Waals surface area contributed by atoms with Crippen LogP contribution in [-0.4, -0.2) is 4.57 Å². The molecular weight excluding hydrogens is 335 g/mol. The van der Waals surface area contributed by atoms with Crippen molar-refractivity contribution in [1.82, 2.24) is 4.57 Å². The predicted octanol–water partition coefficient (Wildman–Crippen LogP) is -0.223. The van der Waals surface area contributed by atoms with Crippen LogP contribution in [0.15, 0.2) is 30.3 Å². The lowest BCUT2D eigenvalue weighted by Crippen LogP contribution is -3.00. The Morgan fingerprint density at radius 3 is 2.44 bits per heavy atom. The first kappa shape index (κ1) is 13.3. The van der Waals surface area contributed by atoms with E-state index in [1.165, 1.54) is 33.2 Å². The van der Waals surface area contributed by atoms with E-state index in [0.717, 1.165) is 0 Å². The summed E-state index contributed by atoms with van der Waals surface area (Å²) in [6.45, 7) is 4.29. The highest BCUT2D eigenvalue weighted by Gasteiger charge is 2.12. The Morgan fingerprint density at radius 2 is 1.72 bits per heavy atom. The molecule has 2 heterocycles. The SMILES string of the molecule is Cc1cc2c3ccc(C)[n+](C)c3ccc2n1C.[I-]. The second kappa shape index (κ2) is 4.53. The Bertz CT molecular complexity index is 741. The fourth-order valence-electron chi connectivity index (χ4n) is 2.53. The molecule has 18 heavy (non-hydrogen) atoms. The average molecular weight is 352 g/mol. The van der Waals surface area contributed by atoms with Crippen LogP contribution in [-0.2, 0) is 14.1 Å². The number of fused-ring (bicyclic) bond motifs is 3. The van der Waals surface area contributed by atoms with Gasteiger partial charge >= 0.3 is 0 Å². The minimum Gasteiger partial charge on any atom is -1.00 e. The number of rotatable bonds is 0. The summed E-state index contributed by atoms with van der Waals surface area (Å²) in [6, 6.07) is 11.1. The van der Waals surface area contributed by atoms with E-state index in [0.29, 0.717) is 0 Å². The molecule has 0 radical (unpaired) electrons. The number of benzene rings is 1. The number of halogens is 1. The van der Waals surface area contributed by atoms with Crippen molar-refractivity contribution in [2.24, 2.45) is 14.1 Å². The maximum absolute atomic E-state index is 2.27. The van der Waals surface area contributed by atoms with Gasteiger partial charge in [0, 0.05) is 42.7 Å². The third-order valence-corrected chi connectivity index (χ3v) is 3.87. The number of nitrogens with zero attached hydrogens (tertiary/aromatic N) is 2. The highest BCUT2D eigenvalue weighted by Crippen LogP contribution is 2.26. The number of hydrogen-bond donors (Lipinski definition) is 0. The van der Waals surface area contributed by atoms with Crippen molar-refractivity contribution in [3.63, 3.8) is 0 Å². The molecule has 3 rings (SSSR count). The summed E-state index contributed by atoms with van der Waals surface area (Å²) in [6.07, 6.45) is 0. The maximum atomic E-state index is 2.27. The molecule has 0 aliphatic rings. The lowest BCUT2D eigenvalue weighted by atomic mass is 10.1. The van der Waals surface area contributed by atoms with Crippen LogP contribution in [0.3, 0.4) is 0 Å². The van der Waals surface area contributed by atoms with E-state index in [1.807, 2.05) is 0 Å². The van der Waals surface area contributed by atoms with Crippen molar-refractivity contribution in [1.29, 1.82) is 0 Å². The molecule has 0 saturated carbocycles. The molecule has 0 bridgehead atoms. The first-order valence-corrected chi connectivity index (χ1v) is 5.94. The van der Waals surface area contributed by atoms with E-state index >= 15 is 0 Å². The van der Waals surface area contributed by atoms with Gasteiger partial charge in [0.15, 0.2) is 5.69 Å². The third-order valence-electron chi connectivity index (χ3n) is 3.87. The van der Waals surface area contributed by atoms with Gasteiger partial charge in [-0.15, -0.1) is 0 Å². The maximum Gasteiger partial charge on any atom is 0.213 e. The third kappa shape index (κ3) is 1.72. The predicted molar refractivity (Wildman–Crippen MR) is 71.1 cm³/mol. The van der Waals surface area contributed by atoms with E-state index in [1.54, 1.807) is 0 Å². The van der Waals surface area contributed by atoms with E-state index in [-0.39, 0.29) is 24.0 Å². The van der Waals surface area contributed by atoms with Crippen LogP contribution in [0.5, 0.6) is 0 Å². The Morgan fingerprint density at radius 1 is 1.00 bits per heavy atom. The zero-order valence-electron chi connectivity index (χ0n) is 11.2. The molecule has 3 aromatic rings. The largest absolute Gasteiger partial charge is 1.00 e. The lowest BCUT2D eigenvalue weighted by Gasteiger charge is -2.02. The van der Waals surface area contributed by atoms with Crippen LogP contribution in [0.2, 0.25) is 0 Å². The standard InChI is InChI=1S/C15H17N2.HI/c1-10-5-6-12-13-9-11(2)17(4)15(13)8-7-14(12)16(10)3;/h5-9H,1-4H3;1H/q+1;/p-1. The van der Waals surface area contributed by atoms with Crippen molar-refractivity contribution >= 4 is 21.8 Å². The van der Waals surface area contributed by atoms with Crippen LogP contribution >= 0.6 is 0 Å². The quantitative estimate of drug-likeness (QED) is 0.391. The molecule has 0 amide bonds. The van der Waals surface area contributed by atoms with Gasteiger partial charge in [-0.25, -0.2) is 0 Å². The van der Waals surface area contributed by atoms with E-state index in [9.17, 15) is 0 Å². The van der Waals surface area contributed by atoms with Gasteiger partial charge in [0.25, 0.3) is 0 Å². The summed E-state index contributed by atoms with van der Waals surface area (Å²) in [5, 5.41) is 2.68. The molecule has 0 fully saturated rings. The molecule has 0 atom stereocenters. The molecule has 0 spiro atoms. The lowest BCUT2D eigenvalue weighted by molar-refractivity contribution is -0.651. The van der Waals surface area contributed by atoms with Crippen molar-refractivity contribution in [3.8, 4) is 0 Å². The van der Waals surface area contributed by atoms with Crippen molar-refractivity contribution in [3.05, 3.63) is 41.7 Å².